The van der Waals surface area contributed by atoms with Crippen molar-refractivity contribution in [2.45, 2.75) is 12.1 Å². The third-order valence-electron chi connectivity index (χ3n) is 5.50. The number of alkyl halides is 3. The first-order chi connectivity index (χ1) is 17.7. The van der Waals surface area contributed by atoms with E-state index in [1.165, 1.54) is 57.4 Å². The van der Waals surface area contributed by atoms with Gasteiger partial charge in [-0.25, -0.2) is 14.6 Å². The minimum Gasteiger partial charge on any atom is -0.496 e. The van der Waals surface area contributed by atoms with Crippen molar-refractivity contribution in [1.82, 2.24) is 9.88 Å². The Labute approximate surface area is 217 Å². The lowest BCUT2D eigenvalue weighted by molar-refractivity contribution is -0.274. The molecule has 0 saturated heterocycles. The van der Waals surface area contributed by atoms with Gasteiger partial charge in [0.05, 0.1) is 28.7 Å². The van der Waals surface area contributed by atoms with E-state index < -0.39 is 35.9 Å². The minimum atomic E-state index is -4.86. The van der Waals surface area contributed by atoms with Crippen LogP contribution in [0.1, 0.15) is 10.4 Å². The number of fused-ring (bicyclic) bond motifs is 2. The summed E-state index contributed by atoms with van der Waals surface area (Å²) in [5, 5.41) is 5.99. The molecule has 4 rings (SSSR count). The fourth-order valence-electron chi connectivity index (χ4n) is 3.67. The van der Waals surface area contributed by atoms with Gasteiger partial charge in [0.2, 0.25) is 0 Å². The quantitative estimate of drug-likeness (QED) is 0.307. The number of anilines is 3. The summed E-state index contributed by atoms with van der Waals surface area (Å²) < 4.78 is 52.2. The number of methoxy groups -OCH3 is 1. The second-order valence-electron chi connectivity index (χ2n) is 8.20. The number of carbonyl (C=O) groups is 3. The van der Waals surface area contributed by atoms with Crippen LogP contribution in [0, 0.1) is 0 Å². The molecule has 0 fully saturated rings. The number of carbonyl (C=O) groups excluding carboxylic acids is 3. The fourth-order valence-corrected chi connectivity index (χ4v) is 4.62. The number of aromatic nitrogens is 1. The highest BCUT2D eigenvalue weighted by atomic mass is 32.1. The average molecular weight is 555 g/mol. The van der Waals surface area contributed by atoms with E-state index in [-0.39, 0.29) is 22.1 Å². The highest BCUT2D eigenvalue weighted by molar-refractivity contribution is 7.22. The number of hydrogen-bond acceptors (Lipinski definition) is 11. The number of nitrogens with one attached hydrogen (secondary N) is 2. The Bertz CT molecular complexity index is 1440. The summed E-state index contributed by atoms with van der Waals surface area (Å²) in [5.74, 6) is -4.03. The summed E-state index contributed by atoms with van der Waals surface area (Å²) in [7, 11) is 5.66. The minimum absolute atomic E-state index is 0.0615. The molecule has 1 aromatic heterocycles. The summed E-state index contributed by atoms with van der Waals surface area (Å²) in [5.41, 5.74) is 6.67. The third kappa shape index (κ3) is 4.89. The number of halogens is 3. The predicted octanol–water partition coefficient (Wildman–Crippen LogP) is 3.15. The van der Waals surface area contributed by atoms with Crippen molar-refractivity contribution >= 4 is 56.0 Å². The van der Waals surface area contributed by atoms with Gasteiger partial charge >= 0.3 is 18.4 Å². The number of thiazole rings is 1. The zero-order valence-corrected chi connectivity index (χ0v) is 21.1. The normalized spacial score (nSPS) is 16.4. The molecule has 1 aliphatic heterocycles. The van der Waals surface area contributed by atoms with Gasteiger partial charge < -0.3 is 40.4 Å². The number of nitrogens with two attached hydrogens (primary N) is 1. The maximum atomic E-state index is 12.7. The van der Waals surface area contributed by atoms with Gasteiger partial charge in [0.25, 0.3) is 11.7 Å². The number of ether oxygens (including phenoxy) is 3. The number of rotatable bonds is 6. The van der Waals surface area contributed by atoms with Crippen molar-refractivity contribution < 1.29 is 41.8 Å². The molecule has 0 radical (unpaired) electrons. The van der Waals surface area contributed by atoms with Gasteiger partial charge in [-0.1, -0.05) is 11.3 Å². The van der Waals surface area contributed by atoms with Crippen LogP contribution in [-0.4, -0.2) is 68.3 Å². The van der Waals surface area contributed by atoms with E-state index in [0.29, 0.717) is 15.9 Å². The van der Waals surface area contributed by atoms with E-state index in [9.17, 15) is 27.6 Å². The zero-order valence-electron chi connectivity index (χ0n) is 20.3. The number of amides is 2. The van der Waals surface area contributed by atoms with Crippen molar-refractivity contribution in [3.05, 3.63) is 35.9 Å². The van der Waals surface area contributed by atoms with Crippen molar-refractivity contribution in [2.24, 2.45) is 5.73 Å². The average Bonchev–Trinajstić information content (AvgIpc) is 3.34. The molecule has 38 heavy (non-hydrogen) atoms. The van der Waals surface area contributed by atoms with E-state index in [0.717, 1.165) is 22.3 Å². The molecule has 0 saturated carbocycles. The number of nitrogens with zero attached hydrogens (tertiary/aromatic N) is 3. The van der Waals surface area contributed by atoms with Crippen LogP contribution >= 0.6 is 11.3 Å². The predicted molar refractivity (Wildman–Crippen MR) is 131 cm³/mol. The van der Waals surface area contributed by atoms with Gasteiger partial charge in [-0.3, -0.25) is 4.79 Å². The van der Waals surface area contributed by atoms with Gasteiger partial charge in [-0.15, -0.1) is 13.2 Å². The molecule has 1 aliphatic rings. The van der Waals surface area contributed by atoms with E-state index in [1.807, 2.05) is 0 Å². The van der Waals surface area contributed by atoms with Gasteiger partial charge in [-0.05, 0) is 18.2 Å². The molecule has 1 unspecified atom stereocenters. The lowest BCUT2D eigenvalue weighted by Crippen LogP contribution is -2.64. The van der Waals surface area contributed by atoms with Crippen molar-refractivity contribution in [3.8, 4) is 11.5 Å². The molecule has 2 heterocycles. The van der Waals surface area contributed by atoms with Crippen LogP contribution in [0.15, 0.2) is 30.3 Å². The van der Waals surface area contributed by atoms with Crippen molar-refractivity contribution in [2.75, 3.05) is 43.8 Å². The van der Waals surface area contributed by atoms with Crippen LogP contribution in [0.25, 0.3) is 10.2 Å². The van der Waals surface area contributed by atoms with Crippen LogP contribution in [-0.2, 0) is 9.53 Å². The molecular weight excluding hydrogens is 533 g/mol. The lowest BCUT2D eigenvalue weighted by Gasteiger charge is -2.34. The van der Waals surface area contributed by atoms with Crippen LogP contribution in [0.3, 0.4) is 0 Å². The second-order valence-corrected chi connectivity index (χ2v) is 9.23. The Kier molecular flexibility index (Phi) is 6.61. The summed E-state index contributed by atoms with van der Waals surface area (Å²) in [6, 6.07) is 6.41. The van der Waals surface area contributed by atoms with Gasteiger partial charge in [0.1, 0.15) is 17.1 Å². The highest BCUT2D eigenvalue weighted by Gasteiger charge is 2.48. The smallest absolute Gasteiger partial charge is 0.496 e. The first-order valence-corrected chi connectivity index (χ1v) is 11.5. The third-order valence-corrected chi connectivity index (χ3v) is 6.43. The number of benzene rings is 2. The van der Waals surface area contributed by atoms with Gasteiger partial charge in [0, 0.05) is 33.3 Å². The van der Waals surface area contributed by atoms with E-state index in [1.54, 1.807) is 0 Å². The lowest BCUT2D eigenvalue weighted by atomic mass is 10.1. The van der Waals surface area contributed by atoms with Crippen molar-refractivity contribution in [1.29, 1.82) is 0 Å². The van der Waals surface area contributed by atoms with Crippen molar-refractivity contribution in [3.63, 3.8) is 0 Å². The summed E-state index contributed by atoms with van der Waals surface area (Å²) in [4.78, 5) is 44.1. The topological polar surface area (TPSA) is 148 Å². The molecule has 3 aromatic rings. The molecule has 16 heteroatoms. The zero-order chi connectivity index (χ0) is 28.0. The monoisotopic (exact) mass is 554 g/mol. The first kappa shape index (κ1) is 26.6. The maximum Gasteiger partial charge on any atom is 0.573 e. The summed E-state index contributed by atoms with van der Waals surface area (Å²) in [6.07, 6.45) is -5.75. The molecule has 0 bridgehead atoms. The highest BCUT2D eigenvalue weighted by Crippen LogP contribution is 2.44. The Hall–Kier alpha value is -4.47. The van der Waals surface area contributed by atoms with E-state index in [4.69, 9.17) is 15.2 Å². The Morgan fingerprint density at radius 1 is 1.21 bits per heavy atom. The molecule has 202 valence electrons. The Balaban J connectivity index is 1.67. The number of hydrogen-bond donors (Lipinski definition) is 3. The molecular formula is C22H21F3N6O6S. The van der Waals surface area contributed by atoms with Crippen LogP contribution in [0.5, 0.6) is 11.5 Å². The molecule has 12 nitrogen and oxygen atoms in total. The van der Waals surface area contributed by atoms with Gasteiger partial charge in [-0.2, -0.15) is 0 Å². The SMILES string of the molecule is COc1cc2c(cc1C(=O)OC(=O)N(C)C)NC(Nc1nc3ccc(OC(F)(F)F)cc3s1)(C(N)=O)N2C. The van der Waals surface area contributed by atoms with E-state index >= 15 is 0 Å². The maximum absolute atomic E-state index is 12.7. The Morgan fingerprint density at radius 3 is 2.53 bits per heavy atom. The molecule has 4 N–H and O–H groups in total. The fraction of sp³-hybridized carbons (Fsp3) is 0.273. The molecule has 0 aliphatic carbocycles. The summed E-state index contributed by atoms with van der Waals surface area (Å²) in [6.45, 7) is 0. The largest absolute Gasteiger partial charge is 0.573 e. The number of primary amides is 1. The van der Waals surface area contributed by atoms with Crippen LogP contribution < -0.4 is 30.7 Å². The Morgan fingerprint density at radius 2 is 1.92 bits per heavy atom. The number of esters is 1. The number of likely N-dealkylation sites (N-methyl/N-ethyl adjacent to an activating group) is 1. The molecule has 2 amide bonds. The molecule has 2 aromatic carbocycles. The van der Waals surface area contributed by atoms with E-state index in [2.05, 4.69) is 20.4 Å². The molecule has 0 spiro atoms. The van der Waals surface area contributed by atoms with Gasteiger partial charge in [0.15, 0.2) is 5.13 Å². The molecule has 1 atom stereocenters. The second kappa shape index (κ2) is 9.44. The van der Waals surface area contributed by atoms with Crippen LogP contribution in [0.4, 0.5) is 34.5 Å². The van der Waals surface area contributed by atoms with Crippen LogP contribution in [0.2, 0.25) is 0 Å². The summed E-state index contributed by atoms with van der Waals surface area (Å²) >= 11 is 0.961. The standard InChI is InChI=1S/C22H21F3N6O6S/c1-30(2)20(34)36-17(32)11-8-13-14(9-15(11)35-4)31(3)21(28-13,18(26)33)29-19-27-12-6-5-10(7-16(12)38-19)37-22(23,24)25/h5-9,28H,1-4H3,(H2,26,33)(H,27,29). The first-order valence-electron chi connectivity index (χ1n) is 10.7.